The van der Waals surface area contributed by atoms with Crippen molar-refractivity contribution >= 4 is 17.4 Å². The molecule has 104 valence electrons. The maximum Gasteiger partial charge on any atom is 0.379 e. The molecule has 1 aromatic rings. The van der Waals surface area contributed by atoms with Gasteiger partial charge in [-0.05, 0) is 26.0 Å². The summed E-state index contributed by atoms with van der Waals surface area (Å²) in [6.07, 6.45) is 0.666. The lowest BCUT2D eigenvalue weighted by Crippen LogP contribution is -2.43. The van der Waals surface area contributed by atoms with Gasteiger partial charge in [0.25, 0.3) is 5.78 Å². The van der Waals surface area contributed by atoms with Gasteiger partial charge in [-0.2, -0.15) is 0 Å². The molecule has 0 amide bonds. The first-order valence-corrected chi connectivity index (χ1v) is 6.54. The topological polar surface area (TPSA) is 58.6 Å². The monoisotopic (exact) mass is 272 g/mol. The molecule has 20 heavy (non-hydrogen) atoms. The van der Waals surface area contributed by atoms with Gasteiger partial charge in [-0.3, -0.25) is 9.80 Å². The van der Waals surface area contributed by atoms with Gasteiger partial charge in [-0.15, -0.1) is 0 Å². The largest absolute Gasteiger partial charge is 0.455 e. The van der Waals surface area contributed by atoms with E-state index in [1.165, 1.54) is 0 Å². The summed E-state index contributed by atoms with van der Waals surface area (Å²) in [6, 6.07) is 9.89. The fourth-order valence-electron chi connectivity index (χ4n) is 2.62. The smallest absolute Gasteiger partial charge is 0.379 e. The molecule has 0 unspecified atom stereocenters. The highest BCUT2D eigenvalue weighted by atomic mass is 16.5. The molecule has 1 aromatic carbocycles. The predicted molar refractivity (Wildman–Crippen MR) is 73.7 cm³/mol. The fourth-order valence-corrected chi connectivity index (χ4v) is 2.62. The lowest BCUT2D eigenvalue weighted by atomic mass is 9.97. The van der Waals surface area contributed by atoms with Crippen molar-refractivity contribution in [3.05, 3.63) is 41.6 Å². The Kier molecular flexibility index (Phi) is 2.78. The third kappa shape index (κ3) is 1.95. The van der Waals surface area contributed by atoms with Crippen molar-refractivity contribution in [2.75, 3.05) is 11.6 Å². The van der Waals surface area contributed by atoms with Crippen molar-refractivity contribution in [1.29, 1.82) is 0 Å². The average Bonchev–Trinajstić information content (AvgIpc) is 2.91. The van der Waals surface area contributed by atoms with E-state index in [-0.39, 0.29) is 12.1 Å². The van der Waals surface area contributed by atoms with Gasteiger partial charge in [0, 0.05) is 12.1 Å². The average molecular weight is 272 g/mol. The number of para-hydroxylation sites is 1. The number of ether oxygens (including phenoxy) is 1. The molecule has 0 atom stereocenters. The molecule has 0 saturated carbocycles. The molecule has 0 aliphatic carbocycles. The van der Waals surface area contributed by atoms with Crippen LogP contribution in [0.1, 0.15) is 20.3 Å². The van der Waals surface area contributed by atoms with Gasteiger partial charge >= 0.3 is 5.97 Å². The summed E-state index contributed by atoms with van der Waals surface area (Å²) in [7, 11) is 0. The van der Waals surface area contributed by atoms with Crippen LogP contribution in [0, 0.1) is 0 Å². The van der Waals surface area contributed by atoms with E-state index in [0.29, 0.717) is 12.0 Å². The van der Waals surface area contributed by atoms with E-state index in [9.17, 15) is 9.59 Å². The Bertz CT molecular complexity index is 605. The number of ketones is 1. The number of esters is 1. The zero-order valence-electron chi connectivity index (χ0n) is 11.5. The van der Waals surface area contributed by atoms with E-state index in [1.807, 2.05) is 35.3 Å². The van der Waals surface area contributed by atoms with E-state index >= 15 is 0 Å². The SMILES string of the molecule is CC1(C)C/C(=C2\COC(=O)C2=O)NN1c1ccccc1. The lowest BCUT2D eigenvalue weighted by Gasteiger charge is -2.32. The number of hydrazine groups is 1. The molecule has 5 heteroatoms. The van der Waals surface area contributed by atoms with Crippen LogP contribution >= 0.6 is 0 Å². The van der Waals surface area contributed by atoms with Gasteiger partial charge in [0.1, 0.15) is 6.61 Å². The van der Waals surface area contributed by atoms with Crippen LogP contribution in [0.4, 0.5) is 5.69 Å². The minimum absolute atomic E-state index is 0.0682. The van der Waals surface area contributed by atoms with Crippen LogP contribution in [0.5, 0.6) is 0 Å². The second kappa shape index (κ2) is 4.37. The van der Waals surface area contributed by atoms with E-state index in [0.717, 1.165) is 11.4 Å². The fraction of sp³-hybridized carbons (Fsp3) is 0.333. The number of Topliss-reactive ketones (excluding diaryl/α,β-unsaturated/α-hetero) is 1. The summed E-state index contributed by atoms with van der Waals surface area (Å²) >= 11 is 0. The number of carbonyl (C=O) groups is 2. The maximum atomic E-state index is 11.8. The van der Waals surface area contributed by atoms with Crippen molar-refractivity contribution in [2.45, 2.75) is 25.8 Å². The first-order valence-electron chi connectivity index (χ1n) is 6.54. The second-order valence-corrected chi connectivity index (χ2v) is 5.63. The zero-order chi connectivity index (χ0) is 14.3. The molecule has 2 heterocycles. The highest BCUT2D eigenvalue weighted by molar-refractivity contribution is 6.42. The number of anilines is 1. The molecule has 0 spiro atoms. The molecule has 2 saturated heterocycles. The summed E-state index contributed by atoms with van der Waals surface area (Å²) in [5, 5.41) is 2.02. The Balaban J connectivity index is 1.95. The molecule has 0 bridgehead atoms. The van der Waals surface area contributed by atoms with E-state index in [4.69, 9.17) is 4.74 Å². The van der Waals surface area contributed by atoms with Crippen molar-refractivity contribution in [3.8, 4) is 0 Å². The molecule has 2 aliphatic rings. The molecule has 1 N–H and O–H groups in total. The summed E-state index contributed by atoms with van der Waals surface area (Å²) < 4.78 is 4.79. The molecule has 0 radical (unpaired) electrons. The minimum atomic E-state index is -0.759. The number of rotatable bonds is 1. The van der Waals surface area contributed by atoms with Crippen molar-refractivity contribution in [1.82, 2.24) is 5.43 Å². The third-order valence-corrected chi connectivity index (χ3v) is 3.65. The van der Waals surface area contributed by atoms with Gasteiger partial charge in [0.2, 0.25) is 0 Å². The summed E-state index contributed by atoms with van der Waals surface area (Å²) in [6.45, 7) is 4.24. The van der Waals surface area contributed by atoms with Crippen LogP contribution in [-0.4, -0.2) is 23.9 Å². The van der Waals surface area contributed by atoms with Crippen LogP contribution in [0.25, 0.3) is 0 Å². The Morgan fingerprint density at radius 2 is 1.90 bits per heavy atom. The minimum Gasteiger partial charge on any atom is -0.455 e. The van der Waals surface area contributed by atoms with E-state index < -0.39 is 11.8 Å². The number of nitrogens with one attached hydrogen (secondary N) is 1. The Morgan fingerprint density at radius 1 is 1.20 bits per heavy atom. The third-order valence-electron chi connectivity index (χ3n) is 3.65. The van der Waals surface area contributed by atoms with Gasteiger partial charge in [-0.1, -0.05) is 18.2 Å². The quantitative estimate of drug-likeness (QED) is 0.477. The van der Waals surface area contributed by atoms with Gasteiger partial charge in [-0.25, -0.2) is 4.79 Å². The second-order valence-electron chi connectivity index (χ2n) is 5.63. The predicted octanol–water partition coefficient (Wildman–Crippen LogP) is 1.56. The van der Waals surface area contributed by atoms with Gasteiger partial charge in [0.05, 0.1) is 16.8 Å². The standard InChI is InChI=1S/C15H16N2O3/c1-15(2)8-12(11-9-20-14(19)13(11)18)16-17(15)10-6-4-3-5-7-10/h3-7,16H,8-9H2,1-2H3/b12-11-. The summed E-state index contributed by atoms with van der Waals surface area (Å²) in [5.74, 6) is -1.29. The van der Waals surface area contributed by atoms with Crippen LogP contribution < -0.4 is 10.4 Å². The van der Waals surface area contributed by atoms with Crippen LogP contribution in [0.2, 0.25) is 0 Å². The number of cyclic esters (lactones) is 1. The van der Waals surface area contributed by atoms with Crippen LogP contribution in [0.15, 0.2) is 41.6 Å². The molecule has 5 nitrogen and oxygen atoms in total. The normalized spacial score (nSPS) is 24.8. The van der Waals surface area contributed by atoms with E-state index in [1.54, 1.807) is 0 Å². The highest BCUT2D eigenvalue weighted by Crippen LogP contribution is 2.35. The Labute approximate surface area is 117 Å². The van der Waals surface area contributed by atoms with Gasteiger partial charge in [0.15, 0.2) is 0 Å². The maximum absolute atomic E-state index is 11.8. The molecular weight excluding hydrogens is 256 g/mol. The molecule has 2 fully saturated rings. The molecule has 3 rings (SSSR count). The van der Waals surface area contributed by atoms with Crippen LogP contribution in [0.3, 0.4) is 0 Å². The Hall–Kier alpha value is -2.30. The summed E-state index contributed by atoms with van der Waals surface area (Å²) in [5.41, 5.74) is 5.30. The zero-order valence-corrected chi connectivity index (χ0v) is 11.5. The van der Waals surface area contributed by atoms with Crippen molar-refractivity contribution < 1.29 is 14.3 Å². The Morgan fingerprint density at radius 3 is 2.50 bits per heavy atom. The van der Waals surface area contributed by atoms with Crippen LogP contribution in [-0.2, 0) is 14.3 Å². The van der Waals surface area contributed by atoms with Crippen molar-refractivity contribution in [3.63, 3.8) is 0 Å². The molecular formula is C15H16N2O3. The van der Waals surface area contributed by atoms with Gasteiger partial charge < -0.3 is 10.2 Å². The highest BCUT2D eigenvalue weighted by Gasteiger charge is 2.40. The molecule has 0 aromatic heterocycles. The summed E-state index contributed by atoms with van der Waals surface area (Å²) in [4.78, 5) is 23.0. The number of hydrogen-bond donors (Lipinski definition) is 1. The lowest BCUT2D eigenvalue weighted by molar-refractivity contribution is -0.146. The number of carbonyl (C=O) groups excluding carboxylic acids is 2. The number of benzene rings is 1. The number of hydrogen-bond acceptors (Lipinski definition) is 5. The van der Waals surface area contributed by atoms with Crippen molar-refractivity contribution in [2.24, 2.45) is 0 Å². The first kappa shape index (κ1) is 12.7. The van der Waals surface area contributed by atoms with E-state index in [2.05, 4.69) is 19.3 Å². The number of nitrogens with zero attached hydrogens (tertiary/aromatic N) is 1. The molecule has 2 aliphatic heterocycles. The first-order chi connectivity index (χ1) is 9.49.